The minimum absolute atomic E-state index is 0.0189. The smallest absolute Gasteiger partial charge is 0.240 e. The van der Waals surface area contributed by atoms with Crippen LogP contribution in [0.25, 0.3) is 11.0 Å². The second-order valence-electron chi connectivity index (χ2n) is 8.44. The van der Waals surface area contributed by atoms with Gasteiger partial charge in [-0.15, -0.1) is 0 Å². The quantitative estimate of drug-likeness (QED) is 0.446. The van der Waals surface area contributed by atoms with E-state index in [0.29, 0.717) is 35.7 Å². The Balaban J connectivity index is 1.82. The van der Waals surface area contributed by atoms with Crippen molar-refractivity contribution < 1.29 is 33.5 Å². The van der Waals surface area contributed by atoms with Gasteiger partial charge in [-0.1, -0.05) is 18.2 Å². The zero-order valence-corrected chi connectivity index (χ0v) is 20.4. The molecule has 1 aromatic heterocycles. The summed E-state index contributed by atoms with van der Waals surface area (Å²) in [6, 6.07) is 13.0. The Kier molecular flexibility index (Phi) is 7.12. The van der Waals surface area contributed by atoms with Gasteiger partial charge < -0.3 is 28.8 Å². The van der Waals surface area contributed by atoms with E-state index in [1.165, 1.54) is 24.0 Å². The number of Topliss-reactive ketones (excluding diaryl/α,β-unsaturated/α-hetero) is 1. The highest BCUT2D eigenvalue weighted by Crippen LogP contribution is 2.43. The molecule has 0 aliphatic carbocycles. The van der Waals surface area contributed by atoms with E-state index in [9.17, 15) is 14.7 Å². The Morgan fingerprint density at radius 3 is 2.49 bits per heavy atom. The van der Waals surface area contributed by atoms with Crippen molar-refractivity contribution in [2.45, 2.75) is 19.9 Å². The summed E-state index contributed by atoms with van der Waals surface area (Å²) in [5.74, 6) is -1.13. The third-order valence-electron chi connectivity index (χ3n) is 6.62. The number of benzene rings is 2. The molecule has 2 heterocycles. The minimum Gasteiger partial charge on any atom is -0.868 e. The number of carbonyl (C=O) groups is 2. The number of quaternary nitrogens is 1. The van der Waals surface area contributed by atoms with E-state index in [1.54, 1.807) is 36.4 Å². The molecule has 2 aromatic carbocycles. The maximum atomic E-state index is 13.7. The van der Waals surface area contributed by atoms with Gasteiger partial charge in [-0.25, -0.2) is 0 Å². The summed E-state index contributed by atoms with van der Waals surface area (Å²) in [7, 11) is 3.04. The number of rotatable bonds is 10. The summed E-state index contributed by atoms with van der Waals surface area (Å²) in [6.45, 7) is 6.86. The van der Waals surface area contributed by atoms with Gasteiger partial charge >= 0.3 is 0 Å². The second kappa shape index (κ2) is 10.2. The fourth-order valence-electron chi connectivity index (χ4n) is 4.59. The predicted octanol–water partition coefficient (Wildman–Crippen LogP) is 1.76. The number of likely N-dealkylation sites (N-methyl/N-ethyl adjacent to an activating group) is 1. The van der Waals surface area contributed by atoms with Crippen LogP contribution in [0.1, 0.15) is 36.0 Å². The molecule has 1 N–H and O–H groups in total. The Bertz CT molecular complexity index is 1240. The number of amides is 1. The molecule has 1 unspecified atom stereocenters. The maximum absolute atomic E-state index is 13.7. The highest BCUT2D eigenvalue weighted by molar-refractivity contribution is 6.15. The van der Waals surface area contributed by atoms with Crippen molar-refractivity contribution in [3.8, 4) is 11.5 Å². The Hall–Kier alpha value is -3.78. The van der Waals surface area contributed by atoms with E-state index in [2.05, 4.69) is 13.8 Å². The van der Waals surface area contributed by atoms with Gasteiger partial charge in [0, 0.05) is 16.5 Å². The third-order valence-corrected chi connectivity index (χ3v) is 6.62. The first-order valence-electron chi connectivity index (χ1n) is 11.7. The summed E-state index contributed by atoms with van der Waals surface area (Å²) < 4.78 is 16.7. The van der Waals surface area contributed by atoms with Gasteiger partial charge in [0.2, 0.25) is 11.7 Å². The van der Waals surface area contributed by atoms with E-state index in [4.69, 9.17) is 13.9 Å². The van der Waals surface area contributed by atoms with Crippen molar-refractivity contribution in [1.82, 2.24) is 4.90 Å². The molecule has 3 aromatic rings. The molecule has 4 rings (SSSR count). The van der Waals surface area contributed by atoms with Crippen LogP contribution in [0.4, 0.5) is 0 Å². The van der Waals surface area contributed by atoms with Crippen molar-refractivity contribution in [3.05, 3.63) is 71.2 Å². The van der Waals surface area contributed by atoms with E-state index < -0.39 is 23.5 Å². The lowest BCUT2D eigenvalue weighted by Crippen LogP contribution is -3.12. The van der Waals surface area contributed by atoms with Crippen LogP contribution in [0.3, 0.4) is 0 Å². The molecule has 0 saturated carbocycles. The van der Waals surface area contributed by atoms with E-state index >= 15 is 0 Å². The third kappa shape index (κ3) is 4.49. The van der Waals surface area contributed by atoms with Crippen molar-refractivity contribution in [2.24, 2.45) is 0 Å². The number of para-hydroxylation sites is 1. The number of methoxy groups -OCH3 is 2. The standard InChI is InChI=1S/C27H30N2O6/c1-5-28(6-2)13-14-29-24(19-16-18(33-3)11-12-21(19)34-4)23(26(31)27(29)32)25(30)22-15-17-9-7-8-10-20(17)35-22/h7-12,15-16,24,31H,5-6,13-14H2,1-4H3. The number of nitrogens with zero attached hydrogens (tertiary/aromatic N) is 1. The Morgan fingerprint density at radius 1 is 1.09 bits per heavy atom. The van der Waals surface area contributed by atoms with E-state index in [1.807, 2.05) is 12.1 Å². The fraction of sp³-hybridized carbons (Fsp3) is 0.333. The van der Waals surface area contributed by atoms with Crippen LogP contribution in [0, 0.1) is 0 Å². The lowest BCUT2D eigenvalue weighted by molar-refractivity contribution is -0.895. The van der Waals surface area contributed by atoms with Crippen LogP contribution >= 0.6 is 0 Å². The van der Waals surface area contributed by atoms with E-state index in [0.717, 1.165) is 18.5 Å². The minimum atomic E-state index is -0.921. The first-order chi connectivity index (χ1) is 16.9. The molecule has 184 valence electrons. The number of hydrogen-bond acceptors (Lipinski definition) is 6. The summed E-state index contributed by atoms with van der Waals surface area (Å²) in [4.78, 5) is 29.7. The molecule has 0 radical (unpaired) electrons. The number of carbonyl (C=O) groups excluding carboxylic acids is 2. The molecule has 35 heavy (non-hydrogen) atoms. The Morgan fingerprint density at radius 2 is 1.83 bits per heavy atom. The number of nitrogens with one attached hydrogen (secondary N) is 1. The zero-order valence-electron chi connectivity index (χ0n) is 20.4. The van der Waals surface area contributed by atoms with Gasteiger partial charge in [-0.2, -0.15) is 0 Å². The summed E-state index contributed by atoms with van der Waals surface area (Å²) in [6.07, 6.45) is 0. The number of furan rings is 1. The van der Waals surface area contributed by atoms with Gasteiger partial charge in [0.05, 0.1) is 46.4 Å². The van der Waals surface area contributed by atoms with Crippen molar-refractivity contribution in [2.75, 3.05) is 40.4 Å². The predicted molar refractivity (Wildman–Crippen MR) is 128 cm³/mol. The summed E-state index contributed by atoms with van der Waals surface area (Å²) in [5, 5.41) is 14.0. The van der Waals surface area contributed by atoms with Crippen molar-refractivity contribution in [1.29, 1.82) is 0 Å². The molecule has 0 fully saturated rings. The molecule has 8 heteroatoms. The van der Waals surface area contributed by atoms with Gasteiger partial charge in [-0.05, 0) is 49.9 Å². The molecular weight excluding hydrogens is 448 g/mol. The normalized spacial score (nSPS) is 16.0. The molecule has 1 atom stereocenters. The SMILES string of the molecule is CC[NH+](CC)CCN1C(=O)C([O-])=C(C(=O)c2cc3ccccc3o2)C1c1cc(OC)ccc1OC. The summed E-state index contributed by atoms with van der Waals surface area (Å²) >= 11 is 0. The van der Waals surface area contributed by atoms with Crippen molar-refractivity contribution in [3.63, 3.8) is 0 Å². The molecule has 1 amide bonds. The number of ketones is 1. The van der Waals surface area contributed by atoms with Crippen LogP contribution in [0.5, 0.6) is 11.5 Å². The number of fused-ring (bicyclic) bond motifs is 1. The van der Waals surface area contributed by atoms with Crippen LogP contribution in [0.2, 0.25) is 0 Å². The lowest BCUT2D eigenvalue weighted by atomic mass is 9.94. The molecule has 0 saturated heterocycles. The number of ether oxygens (including phenoxy) is 2. The lowest BCUT2D eigenvalue weighted by Gasteiger charge is -2.29. The largest absolute Gasteiger partial charge is 0.868 e. The topological polar surface area (TPSA) is 96.5 Å². The molecule has 0 spiro atoms. The summed E-state index contributed by atoms with van der Waals surface area (Å²) in [5.41, 5.74) is 0.904. The van der Waals surface area contributed by atoms with Gasteiger partial charge in [0.1, 0.15) is 17.1 Å². The van der Waals surface area contributed by atoms with Crippen LogP contribution < -0.4 is 19.5 Å². The number of hydrogen-bond donors (Lipinski definition) is 1. The molecule has 1 aliphatic rings. The van der Waals surface area contributed by atoms with Crippen LogP contribution in [-0.4, -0.2) is 57.0 Å². The van der Waals surface area contributed by atoms with Gasteiger partial charge in [-0.3, -0.25) is 9.59 Å². The average Bonchev–Trinajstić information content (AvgIpc) is 3.43. The molecule has 1 aliphatic heterocycles. The fourth-order valence-corrected chi connectivity index (χ4v) is 4.59. The van der Waals surface area contributed by atoms with Crippen molar-refractivity contribution >= 4 is 22.7 Å². The highest BCUT2D eigenvalue weighted by Gasteiger charge is 2.42. The Labute approximate surface area is 204 Å². The first kappa shape index (κ1) is 24.3. The van der Waals surface area contributed by atoms with Crippen LogP contribution in [0.15, 0.2) is 64.3 Å². The zero-order chi connectivity index (χ0) is 25.1. The average molecular weight is 479 g/mol. The first-order valence-corrected chi connectivity index (χ1v) is 11.7. The van der Waals surface area contributed by atoms with Gasteiger partial charge in [0.25, 0.3) is 0 Å². The maximum Gasteiger partial charge on any atom is 0.240 e. The second-order valence-corrected chi connectivity index (χ2v) is 8.44. The highest BCUT2D eigenvalue weighted by atomic mass is 16.5. The van der Waals surface area contributed by atoms with Gasteiger partial charge in [0.15, 0.2) is 5.76 Å². The van der Waals surface area contributed by atoms with E-state index in [-0.39, 0.29) is 11.3 Å². The monoisotopic (exact) mass is 478 g/mol. The molecular formula is C27H30N2O6. The van der Waals surface area contributed by atoms with Crippen LogP contribution in [-0.2, 0) is 4.79 Å². The molecule has 0 bridgehead atoms. The molecule has 8 nitrogen and oxygen atoms in total.